The second-order valence-electron chi connectivity index (χ2n) is 3.47. The average Bonchev–Trinajstić information content (AvgIpc) is 2.41. The summed E-state index contributed by atoms with van der Waals surface area (Å²) in [6.07, 6.45) is 1.68. The van der Waals surface area contributed by atoms with Crippen molar-refractivity contribution in [1.29, 1.82) is 0 Å². The highest BCUT2D eigenvalue weighted by molar-refractivity contribution is 5.77. The van der Waals surface area contributed by atoms with Gasteiger partial charge in [0.05, 0.1) is 19.1 Å². The number of benzene rings is 2. The third-order valence-corrected chi connectivity index (χ3v) is 2.29. The van der Waals surface area contributed by atoms with Gasteiger partial charge in [-0.25, -0.2) is 4.99 Å². The van der Waals surface area contributed by atoms with Crippen LogP contribution in [0.25, 0.3) is 0 Å². The first-order valence-electron chi connectivity index (χ1n) is 5.36. The summed E-state index contributed by atoms with van der Waals surface area (Å²) in [4.78, 5) is 4.29. The highest BCUT2D eigenvalue weighted by Gasteiger charge is 1.90. The van der Waals surface area contributed by atoms with Crippen molar-refractivity contribution in [1.82, 2.24) is 0 Å². The Morgan fingerprint density at radius 3 is 2.35 bits per heavy atom. The van der Waals surface area contributed by atoms with Crippen molar-refractivity contribution < 1.29 is 4.74 Å². The van der Waals surface area contributed by atoms with Gasteiger partial charge in [-0.1, -0.05) is 18.2 Å². The molecule has 0 heterocycles. The summed E-state index contributed by atoms with van der Waals surface area (Å²) >= 11 is 0. The van der Waals surface area contributed by atoms with Crippen LogP contribution in [0.15, 0.2) is 59.6 Å². The minimum atomic E-state index is 0.833. The van der Waals surface area contributed by atoms with Gasteiger partial charge in [-0.3, -0.25) is 0 Å². The minimum absolute atomic E-state index is 0.833. The second-order valence-corrected chi connectivity index (χ2v) is 3.47. The van der Waals surface area contributed by atoms with E-state index in [1.54, 1.807) is 13.4 Å². The number of hydrogen-bond donors (Lipinski definition) is 1. The molecule has 0 fully saturated rings. The molecule has 0 saturated heterocycles. The summed E-state index contributed by atoms with van der Waals surface area (Å²) in [5.41, 5.74) is 1.90. The molecule has 3 heteroatoms. The predicted molar refractivity (Wildman–Crippen MR) is 71.2 cm³/mol. The van der Waals surface area contributed by atoms with Crippen LogP contribution in [-0.4, -0.2) is 13.4 Å². The summed E-state index contributed by atoms with van der Waals surface area (Å²) in [5.74, 6) is 0.833. The molecule has 86 valence electrons. The lowest BCUT2D eigenvalue weighted by atomic mass is 10.3. The van der Waals surface area contributed by atoms with Gasteiger partial charge in [-0.15, -0.1) is 0 Å². The number of rotatable bonds is 4. The van der Waals surface area contributed by atoms with Crippen LogP contribution in [0, 0.1) is 0 Å². The van der Waals surface area contributed by atoms with Gasteiger partial charge in [0, 0.05) is 5.69 Å². The fourth-order valence-electron chi connectivity index (χ4n) is 1.38. The van der Waals surface area contributed by atoms with Gasteiger partial charge in [0.2, 0.25) is 0 Å². The van der Waals surface area contributed by atoms with Gasteiger partial charge < -0.3 is 10.1 Å². The number of ether oxygens (including phenoxy) is 1. The largest absolute Gasteiger partial charge is 0.497 e. The van der Waals surface area contributed by atoms with E-state index >= 15 is 0 Å². The smallest absolute Gasteiger partial charge is 0.119 e. The Hall–Kier alpha value is -2.29. The molecule has 0 aliphatic heterocycles. The molecule has 0 aromatic heterocycles. The number of hydrogen-bond acceptors (Lipinski definition) is 2. The third kappa shape index (κ3) is 3.34. The van der Waals surface area contributed by atoms with E-state index in [0.29, 0.717) is 0 Å². The Morgan fingerprint density at radius 2 is 1.71 bits per heavy atom. The average molecular weight is 226 g/mol. The van der Waals surface area contributed by atoms with Crippen molar-refractivity contribution in [2.45, 2.75) is 0 Å². The number of methoxy groups -OCH3 is 1. The molecule has 0 unspecified atom stereocenters. The van der Waals surface area contributed by atoms with Crippen molar-refractivity contribution in [3.05, 3.63) is 54.6 Å². The fourth-order valence-corrected chi connectivity index (χ4v) is 1.38. The maximum Gasteiger partial charge on any atom is 0.119 e. The second kappa shape index (κ2) is 5.70. The molecule has 0 amide bonds. The first-order valence-corrected chi connectivity index (χ1v) is 5.36. The standard InChI is InChI=1S/C14H14N2O/c1-17-14-9-7-13(8-10-14)16-11-15-12-5-3-2-4-6-12/h2-11H,1H3,(H,15,16). The van der Waals surface area contributed by atoms with Gasteiger partial charge in [0.15, 0.2) is 0 Å². The van der Waals surface area contributed by atoms with E-state index in [1.165, 1.54) is 0 Å². The molecule has 1 N–H and O–H groups in total. The molecular formula is C14H14N2O. The monoisotopic (exact) mass is 226 g/mol. The van der Waals surface area contributed by atoms with Crippen molar-refractivity contribution in [2.75, 3.05) is 12.4 Å². The lowest BCUT2D eigenvalue weighted by molar-refractivity contribution is 0.415. The molecular weight excluding hydrogens is 212 g/mol. The number of nitrogens with zero attached hydrogens (tertiary/aromatic N) is 1. The van der Waals surface area contributed by atoms with E-state index < -0.39 is 0 Å². The Morgan fingerprint density at radius 1 is 1.00 bits per heavy atom. The molecule has 0 spiro atoms. The van der Waals surface area contributed by atoms with E-state index in [1.807, 2.05) is 54.6 Å². The molecule has 0 radical (unpaired) electrons. The highest BCUT2D eigenvalue weighted by Crippen LogP contribution is 2.17. The maximum absolute atomic E-state index is 5.08. The number of aliphatic imine (C=N–C) groups is 1. The van der Waals surface area contributed by atoms with Crippen LogP contribution in [0.2, 0.25) is 0 Å². The molecule has 3 nitrogen and oxygen atoms in total. The van der Waals surface area contributed by atoms with Crippen LogP contribution < -0.4 is 10.1 Å². The van der Waals surface area contributed by atoms with Crippen molar-refractivity contribution in [3.8, 4) is 5.75 Å². The van der Waals surface area contributed by atoms with Gasteiger partial charge in [-0.2, -0.15) is 0 Å². The topological polar surface area (TPSA) is 33.6 Å². The lowest BCUT2D eigenvalue weighted by Gasteiger charge is -2.00. The van der Waals surface area contributed by atoms with Crippen LogP contribution in [0.4, 0.5) is 11.4 Å². The fraction of sp³-hybridized carbons (Fsp3) is 0.0714. The molecule has 2 rings (SSSR count). The van der Waals surface area contributed by atoms with Crippen LogP contribution in [0.1, 0.15) is 0 Å². The normalized spacial score (nSPS) is 10.4. The predicted octanol–water partition coefficient (Wildman–Crippen LogP) is 3.47. The summed E-state index contributed by atoms with van der Waals surface area (Å²) < 4.78 is 5.08. The van der Waals surface area contributed by atoms with E-state index in [9.17, 15) is 0 Å². The zero-order valence-corrected chi connectivity index (χ0v) is 9.63. The van der Waals surface area contributed by atoms with E-state index in [-0.39, 0.29) is 0 Å². The zero-order chi connectivity index (χ0) is 11.9. The highest BCUT2D eigenvalue weighted by atomic mass is 16.5. The molecule has 0 aliphatic carbocycles. The zero-order valence-electron chi connectivity index (χ0n) is 9.63. The van der Waals surface area contributed by atoms with E-state index in [0.717, 1.165) is 17.1 Å². The van der Waals surface area contributed by atoms with Crippen molar-refractivity contribution in [3.63, 3.8) is 0 Å². The summed E-state index contributed by atoms with van der Waals surface area (Å²) in [6, 6.07) is 17.5. The van der Waals surface area contributed by atoms with E-state index in [2.05, 4.69) is 10.3 Å². The number of para-hydroxylation sites is 1. The molecule has 0 saturated carbocycles. The molecule has 0 bridgehead atoms. The molecule has 0 aliphatic rings. The van der Waals surface area contributed by atoms with Crippen LogP contribution in [0.3, 0.4) is 0 Å². The summed E-state index contributed by atoms with van der Waals surface area (Å²) in [7, 11) is 1.65. The first-order chi connectivity index (χ1) is 8.38. The Bertz CT molecular complexity index is 477. The van der Waals surface area contributed by atoms with Gasteiger partial charge >= 0.3 is 0 Å². The number of nitrogens with one attached hydrogen (secondary N) is 1. The molecule has 17 heavy (non-hydrogen) atoms. The lowest BCUT2D eigenvalue weighted by Crippen LogP contribution is -1.93. The summed E-state index contributed by atoms with van der Waals surface area (Å²) in [5, 5.41) is 3.10. The quantitative estimate of drug-likeness (QED) is 0.639. The van der Waals surface area contributed by atoms with Gasteiger partial charge in [0.25, 0.3) is 0 Å². The van der Waals surface area contributed by atoms with Crippen LogP contribution >= 0.6 is 0 Å². The van der Waals surface area contributed by atoms with E-state index in [4.69, 9.17) is 4.74 Å². The number of anilines is 1. The minimum Gasteiger partial charge on any atom is -0.497 e. The van der Waals surface area contributed by atoms with Crippen LogP contribution in [0.5, 0.6) is 5.75 Å². The van der Waals surface area contributed by atoms with Gasteiger partial charge in [0.1, 0.15) is 5.75 Å². The van der Waals surface area contributed by atoms with Gasteiger partial charge in [-0.05, 0) is 36.4 Å². The molecule has 2 aromatic rings. The SMILES string of the molecule is COc1ccc(N=CNc2ccccc2)cc1. The first kappa shape index (κ1) is 11.2. The van der Waals surface area contributed by atoms with Crippen LogP contribution in [-0.2, 0) is 0 Å². The van der Waals surface area contributed by atoms with Crippen molar-refractivity contribution in [2.24, 2.45) is 4.99 Å². The van der Waals surface area contributed by atoms with Crippen molar-refractivity contribution >= 4 is 17.7 Å². The molecule has 0 atom stereocenters. The summed E-state index contributed by atoms with van der Waals surface area (Å²) in [6.45, 7) is 0. The Kier molecular flexibility index (Phi) is 3.76. The molecule has 2 aromatic carbocycles. The maximum atomic E-state index is 5.08. The third-order valence-electron chi connectivity index (χ3n) is 2.29. The Balaban J connectivity index is 1.96. The Labute approximate surface area is 101 Å².